The first-order chi connectivity index (χ1) is 19.6. The van der Waals surface area contributed by atoms with Crippen molar-refractivity contribution in [3.63, 3.8) is 0 Å². The van der Waals surface area contributed by atoms with Crippen LogP contribution in [0.4, 0.5) is 18.0 Å². The van der Waals surface area contributed by atoms with E-state index in [0.717, 1.165) is 31.4 Å². The van der Waals surface area contributed by atoms with Crippen LogP contribution in [0.5, 0.6) is 5.75 Å². The van der Waals surface area contributed by atoms with Gasteiger partial charge in [-0.15, -0.1) is 18.3 Å². The number of imide groups is 3. The molecule has 0 bridgehead atoms. The van der Waals surface area contributed by atoms with Crippen molar-refractivity contribution in [2.24, 2.45) is 17.6 Å². The summed E-state index contributed by atoms with van der Waals surface area (Å²) < 4.78 is 51.7. The molecule has 3 atom stereocenters. The maximum Gasteiger partial charge on any atom is 0.573 e. The molecule has 2 aromatic rings. The molecular formula is C26H32F3N5O8. The molecular weight excluding hydrogens is 567 g/mol. The Hall–Kier alpha value is -4.05. The van der Waals surface area contributed by atoms with E-state index in [4.69, 9.17) is 10.2 Å². The molecule has 16 heteroatoms. The third-order valence-electron chi connectivity index (χ3n) is 6.71. The Labute approximate surface area is 238 Å². The molecule has 0 radical (unpaired) electrons. The summed E-state index contributed by atoms with van der Waals surface area (Å²) >= 11 is 0. The fourth-order valence-corrected chi connectivity index (χ4v) is 4.64. The molecule has 13 nitrogen and oxygen atoms in total. The number of Topliss-reactive ketones (excluding diaryl/α,β-unsaturated/α-hetero) is 1. The van der Waals surface area contributed by atoms with Crippen LogP contribution in [0.15, 0.2) is 33.5 Å². The van der Waals surface area contributed by atoms with Crippen LogP contribution in [0.2, 0.25) is 0 Å². The van der Waals surface area contributed by atoms with Gasteiger partial charge in [0.05, 0.1) is 30.9 Å². The molecule has 0 unspecified atom stereocenters. The third kappa shape index (κ3) is 7.05. The molecule has 0 aliphatic carbocycles. The van der Waals surface area contributed by atoms with Crippen LogP contribution in [0.25, 0.3) is 5.69 Å². The standard InChI is InChI=1S/C26H32F3N5O8/c1-13(2)18(30)23(37)33(24(38)40-5)22(36)17-7-6-12-32(17)19(14(3)4)20(35)21-31-34(25(39)41-21)15-8-10-16(11-9-15)42-26(27,28)29/h8-11,13-14,17-19H,6-7,12,30H2,1-5H3/t17-,18-,19-/m0/s1. The Balaban J connectivity index is 1.91. The monoisotopic (exact) mass is 599 g/mol. The van der Waals surface area contributed by atoms with E-state index >= 15 is 0 Å². The lowest BCUT2D eigenvalue weighted by Crippen LogP contribution is -2.58. The number of benzene rings is 1. The van der Waals surface area contributed by atoms with Gasteiger partial charge in [0.2, 0.25) is 5.78 Å². The number of ether oxygens (including phenoxy) is 2. The van der Waals surface area contributed by atoms with Crippen LogP contribution in [-0.4, -0.2) is 81.4 Å². The van der Waals surface area contributed by atoms with E-state index < -0.39 is 77.4 Å². The second-order valence-corrected chi connectivity index (χ2v) is 10.3. The van der Waals surface area contributed by atoms with Crippen LogP contribution < -0.4 is 16.2 Å². The smallest absolute Gasteiger partial charge is 0.452 e. The van der Waals surface area contributed by atoms with Crippen LogP contribution in [-0.2, 0) is 14.3 Å². The topological polar surface area (TPSA) is 167 Å². The van der Waals surface area contributed by atoms with Gasteiger partial charge in [0, 0.05) is 0 Å². The van der Waals surface area contributed by atoms with Gasteiger partial charge in [0.25, 0.3) is 17.7 Å². The minimum Gasteiger partial charge on any atom is -0.452 e. The summed E-state index contributed by atoms with van der Waals surface area (Å²) in [4.78, 5) is 67.1. The van der Waals surface area contributed by atoms with E-state index in [-0.39, 0.29) is 18.7 Å². The van der Waals surface area contributed by atoms with Crippen molar-refractivity contribution in [1.29, 1.82) is 0 Å². The Morgan fingerprint density at radius 3 is 2.24 bits per heavy atom. The number of nitrogens with zero attached hydrogens (tertiary/aromatic N) is 4. The Kier molecular flexibility index (Phi) is 9.94. The van der Waals surface area contributed by atoms with Crippen LogP contribution in [0, 0.1) is 11.8 Å². The summed E-state index contributed by atoms with van der Waals surface area (Å²) in [5.41, 5.74) is 5.93. The molecule has 42 heavy (non-hydrogen) atoms. The second kappa shape index (κ2) is 12.9. The lowest BCUT2D eigenvalue weighted by molar-refractivity contribution is -0.274. The van der Waals surface area contributed by atoms with Crippen molar-refractivity contribution < 1.29 is 46.2 Å². The van der Waals surface area contributed by atoms with Crippen LogP contribution in [0.1, 0.15) is 51.2 Å². The predicted octanol–water partition coefficient (Wildman–Crippen LogP) is 2.50. The molecule has 1 fully saturated rings. The normalized spacial score (nSPS) is 17.3. The lowest BCUT2D eigenvalue weighted by Gasteiger charge is -2.34. The van der Waals surface area contributed by atoms with Crippen molar-refractivity contribution in [2.45, 2.75) is 65.0 Å². The van der Waals surface area contributed by atoms with Crippen molar-refractivity contribution in [3.8, 4) is 11.4 Å². The third-order valence-corrected chi connectivity index (χ3v) is 6.71. The maximum atomic E-state index is 13.6. The van der Waals surface area contributed by atoms with Gasteiger partial charge in [-0.2, -0.15) is 9.58 Å². The summed E-state index contributed by atoms with van der Waals surface area (Å²) in [5, 5.41) is 3.93. The molecule has 230 valence electrons. The highest BCUT2D eigenvalue weighted by molar-refractivity contribution is 6.12. The zero-order chi connectivity index (χ0) is 31.5. The molecule has 3 rings (SSSR count). The van der Waals surface area contributed by atoms with E-state index in [1.54, 1.807) is 27.7 Å². The summed E-state index contributed by atoms with van der Waals surface area (Å²) in [6, 6.07) is 0.842. The molecule has 2 heterocycles. The average Bonchev–Trinajstić information content (AvgIpc) is 3.54. The number of hydrogen-bond donors (Lipinski definition) is 1. The number of ketones is 1. The molecule has 1 aromatic heterocycles. The summed E-state index contributed by atoms with van der Waals surface area (Å²) in [5.74, 6) is -5.68. The van der Waals surface area contributed by atoms with Gasteiger partial charge in [-0.05, 0) is 55.5 Å². The van der Waals surface area contributed by atoms with Crippen LogP contribution >= 0.6 is 0 Å². The van der Waals surface area contributed by atoms with E-state index in [2.05, 4.69) is 14.6 Å². The van der Waals surface area contributed by atoms with Crippen molar-refractivity contribution in [3.05, 3.63) is 40.7 Å². The maximum absolute atomic E-state index is 13.6. The Morgan fingerprint density at radius 1 is 1.10 bits per heavy atom. The zero-order valence-electron chi connectivity index (χ0n) is 23.6. The number of hydrogen-bond acceptors (Lipinski definition) is 11. The number of halogens is 3. The van der Waals surface area contributed by atoms with Crippen molar-refractivity contribution in [2.75, 3.05) is 13.7 Å². The number of methoxy groups -OCH3 is 1. The molecule has 0 spiro atoms. The van der Waals surface area contributed by atoms with E-state index in [0.29, 0.717) is 16.0 Å². The van der Waals surface area contributed by atoms with Gasteiger partial charge in [-0.3, -0.25) is 19.3 Å². The number of rotatable bonds is 9. The first-order valence-corrected chi connectivity index (χ1v) is 13.0. The first-order valence-electron chi connectivity index (χ1n) is 13.0. The molecule has 2 N–H and O–H groups in total. The SMILES string of the molecule is COC(=O)N(C(=O)[C@@H](N)C(C)C)C(=O)[C@@H]1CCCN1[C@H](C(=O)c1nn(-c2ccc(OC(F)(F)F)cc2)c(=O)o1)C(C)C. The van der Waals surface area contributed by atoms with Gasteiger partial charge in [-0.1, -0.05) is 27.7 Å². The number of carbonyl (C=O) groups excluding carboxylic acids is 4. The van der Waals surface area contributed by atoms with Gasteiger partial charge in [-0.25, -0.2) is 9.59 Å². The quantitative estimate of drug-likeness (QED) is 0.421. The summed E-state index contributed by atoms with van der Waals surface area (Å²) in [7, 11) is 1.01. The molecule has 3 amide bonds. The fraction of sp³-hybridized carbons (Fsp3) is 0.538. The highest BCUT2D eigenvalue weighted by Crippen LogP contribution is 2.28. The minimum atomic E-state index is -4.91. The average molecular weight is 600 g/mol. The molecule has 1 aromatic carbocycles. The summed E-state index contributed by atoms with van der Waals surface area (Å²) in [6.07, 6.45) is -5.47. The summed E-state index contributed by atoms with van der Waals surface area (Å²) in [6.45, 7) is 6.91. The van der Waals surface area contributed by atoms with E-state index in [1.807, 2.05) is 0 Å². The number of aromatic nitrogens is 2. The van der Waals surface area contributed by atoms with Crippen molar-refractivity contribution in [1.82, 2.24) is 19.6 Å². The molecule has 1 saturated heterocycles. The molecule has 1 aliphatic heterocycles. The second-order valence-electron chi connectivity index (χ2n) is 10.3. The number of amides is 3. The Morgan fingerprint density at radius 2 is 1.71 bits per heavy atom. The predicted molar refractivity (Wildman–Crippen MR) is 139 cm³/mol. The Bertz CT molecular complexity index is 1370. The van der Waals surface area contributed by atoms with Crippen molar-refractivity contribution >= 4 is 23.7 Å². The van der Waals surface area contributed by atoms with E-state index in [1.165, 1.54) is 4.90 Å². The van der Waals surface area contributed by atoms with Gasteiger partial charge >= 0.3 is 18.2 Å². The number of nitrogens with two attached hydrogens (primary N) is 1. The van der Waals surface area contributed by atoms with Gasteiger partial charge < -0.3 is 19.6 Å². The van der Waals surface area contributed by atoms with E-state index in [9.17, 15) is 37.1 Å². The first kappa shape index (κ1) is 32.5. The minimum absolute atomic E-state index is 0.00127. The highest BCUT2D eigenvalue weighted by atomic mass is 19.4. The molecule has 0 saturated carbocycles. The van der Waals surface area contributed by atoms with Gasteiger partial charge in [0.1, 0.15) is 5.75 Å². The number of carbonyl (C=O) groups is 4. The lowest BCUT2D eigenvalue weighted by atomic mass is 9.96. The molecule has 1 aliphatic rings. The largest absolute Gasteiger partial charge is 0.573 e. The zero-order valence-corrected chi connectivity index (χ0v) is 23.6. The highest BCUT2D eigenvalue weighted by Gasteiger charge is 2.46. The number of alkyl halides is 3. The fourth-order valence-electron chi connectivity index (χ4n) is 4.64. The van der Waals surface area contributed by atoms with Crippen LogP contribution in [0.3, 0.4) is 0 Å². The van der Waals surface area contributed by atoms with Gasteiger partial charge in [0.15, 0.2) is 0 Å². The number of likely N-dealkylation sites (tertiary alicyclic amines) is 1.